The van der Waals surface area contributed by atoms with Gasteiger partial charge in [-0.05, 0) is 57.8 Å². The fourth-order valence-electron chi connectivity index (χ4n) is 9.57. The van der Waals surface area contributed by atoms with Crippen molar-refractivity contribution in [3.63, 3.8) is 0 Å². The second-order valence-corrected chi connectivity index (χ2v) is 21.7. The lowest BCUT2D eigenvalue weighted by molar-refractivity contribution is -0.167. The third kappa shape index (κ3) is 58.5. The van der Waals surface area contributed by atoms with Crippen LogP contribution in [-0.4, -0.2) is 37.2 Å². The van der Waals surface area contributed by atoms with Crippen LogP contribution in [0.4, 0.5) is 0 Å². The molecule has 0 aromatic carbocycles. The molecule has 0 spiro atoms. The van der Waals surface area contributed by atoms with E-state index in [-0.39, 0.29) is 31.1 Å². The smallest absolute Gasteiger partial charge is 0.306 e. The van der Waals surface area contributed by atoms with Crippen LogP contribution < -0.4 is 0 Å². The van der Waals surface area contributed by atoms with Crippen LogP contribution in [0.15, 0.2) is 36.5 Å². The van der Waals surface area contributed by atoms with Crippen molar-refractivity contribution >= 4 is 17.9 Å². The summed E-state index contributed by atoms with van der Waals surface area (Å²) < 4.78 is 16.9. The summed E-state index contributed by atoms with van der Waals surface area (Å²) >= 11 is 0. The third-order valence-electron chi connectivity index (χ3n) is 14.4. The van der Waals surface area contributed by atoms with Crippen molar-refractivity contribution in [3.8, 4) is 0 Å². The number of esters is 3. The molecule has 0 aliphatic rings. The van der Waals surface area contributed by atoms with Gasteiger partial charge in [-0.2, -0.15) is 0 Å². The molecule has 0 aromatic rings. The summed E-state index contributed by atoms with van der Waals surface area (Å²) in [5.74, 6) is -0.844. The van der Waals surface area contributed by atoms with Gasteiger partial charge in [-0.3, -0.25) is 14.4 Å². The largest absolute Gasteiger partial charge is 0.462 e. The first-order valence-corrected chi connectivity index (χ1v) is 32.0. The molecule has 0 aliphatic heterocycles. The predicted octanol–water partition coefficient (Wildman–Crippen LogP) is 21.6. The molecule has 0 amide bonds. The van der Waals surface area contributed by atoms with Gasteiger partial charge >= 0.3 is 17.9 Å². The molecule has 0 saturated carbocycles. The van der Waals surface area contributed by atoms with Crippen LogP contribution in [0, 0.1) is 0 Å². The Balaban J connectivity index is 4.13. The molecule has 1 unspecified atom stereocenters. The second kappa shape index (κ2) is 61.2. The fourth-order valence-corrected chi connectivity index (χ4v) is 9.57. The SMILES string of the molecule is CCCCCCC/C=C\C/C=C\C/C=C\CCCCCCCCCCCCCCCCC(=O)OCC(COC(=O)CCCCCCCCCCCCCC)OC(=O)CCCCCCCCCCCCCCC. The lowest BCUT2D eigenvalue weighted by atomic mass is 10.0. The van der Waals surface area contributed by atoms with E-state index in [4.69, 9.17) is 14.2 Å². The molecule has 0 aliphatic carbocycles. The fraction of sp³-hybridized carbons (Fsp3) is 0.864. The molecule has 0 saturated heterocycles. The number of rotatable bonds is 59. The van der Waals surface area contributed by atoms with Crippen LogP contribution in [0.5, 0.6) is 0 Å². The Labute approximate surface area is 448 Å². The first-order valence-electron chi connectivity index (χ1n) is 32.0. The van der Waals surface area contributed by atoms with Gasteiger partial charge in [-0.1, -0.05) is 308 Å². The van der Waals surface area contributed by atoms with Gasteiger partial charge in [0.25, 0.3) is 0 Å². The van der Waals surface area contributed by atoms with E-state index in [9.17, 15) is 14.4 Å². The van der Waals surface area contributed by atoms with E-state index >= 15 is 0 Å². The van der Waals surface area contributed by atoms with Crippen LogP contribution in [0.2, 0.25) is 0 Å². The van der Waals surface area contributed by atoms with Gasteiger partial charge in [-0.25, -0.2) is 0 Å². The Kier molecular flexibility index (Phi) is 59.2. The maximum absolute atomic E-state index is 12.8. The molecule has 422 valence electrons. The molecule has 0 N–H and O–H groups in total. The highest BCUT2D eigenvalue weighted by atomic mass is 16.6. The van der Waals surface area contributed by atoms with Crippen LogP contribution >= 0.6 is 0 Å². The van der Waals surface area contributed by atoms with Crippen molar-refractivity contribution < 1.29 is 28.6 Å². The highest BCUT2D eigenvalue weighted by Crippen LogP contribution is 2.17. The molecule has 0 radical (unpaired) electrons. The van der Waals surface area contributed by atoms with Crippen molar-refractivity contribution in [1.29, 1.82) is 0 Å². The number of hydrogen-bond donors (Lipinski definition) is 0. The van der Waals surface area contributed by atoms with E-state index in [1.165, 1.54) is 238 Å². The van der Waals surface area contributed by atoms with Crippen LogP contribution in [0.1, 0.15) is 348 Å². The minimum Gasteiger partial charge on any atom is -0.462 e. The summed E-state index contributed by atoms with van der Waals surface area (Å²) in [6, 6.07) is 0. The van der Waals surface area contributed by atoms with Gasteiger partial charge in [0.05, 0.1) is 0 Å². The highest BCUT2D eigenvalue weighted by Gasteiger charge is 2.19. The summed E-state index contributed by atoms with van der Waals surface area (Å²) in [6.07, 6.45) is 74.4. The van der Waals surface area contributed by atoms with Crippen molar-refractivity contribution in [2.24, 2.45) is 0 Å². The summed E-state index contributed by atoms with van der Waals surface area (Å²) in [4.78, 5) is 38.2. The van der Waals surface area contributed by atoms with Crippen LogP contribution in [0.3, 0.4) is 0 Å². The Morgan fingerprint density at radius 3 is 0.778 bits per heavy atom. The molecule has 0 heterocycles. The summed E-state index contributed by atoms with van der Waals surface area (Å²) in [5.41, 5.74) is 0. The predicted molar refractivity (Wildman–Crippen MR) is 312 cm³/mol. The highest BCUT2D eigenvalue weighted by molar-refractivity contribution is 5.71. The number of unbranched alkanes of at least 4 members (excludes halogenated alkanes) is 42. The summed E-state index contributed by atoms with van der Waals surface area (Å²) in [6.45, 7) is 6.67. The molecule has 0 bridgehead atoms. The van der Waals surface area contributed by atoms with Gasteiger partial charge in [-0.15, -0.1) is 0 Å². The van der Waals surface area contributed by atoms with Crippen molar-refractivity contribution in [3.05, 3.63) is 36.5 Å². The number of hydrogen-bond acceptors (Lipinski definition) is 6. The number of allylic oxidation sites excluding steroid dienone is 6. The van der Waals surface area contributed by atoms with Crippen LogP contribution in [0.25, 0.3) is 0 Å². The molecule has 0 fully saturated rings. The van der Waals surface area contributed by atoms with Crippen molar-refractivity contribution in [2.45, 2.75) is 354 Å². The van der Waals surface area contributed by atoms with Gasteiger partial charge in [0.2, 0.25) is 0 Å². The van der Waals surface area contributed by atoms with Gasteiger partial charge in [0.15, 0.2) is 6.10 Å². The summed E-state index contributed by atoms with van der Waals surface area (Å²) in [5, 5.41) is 0. The molecule has 6 nitrogen and oxygen atoms in total. The lowest BCUT2D eigenvalue weighted by Gasteiger charge is -2.18. The zero-order chi connectivity index (χ0) is 52.2. The first-order chi connectivity index (χ1) is 35.5. The Morgan fingerprint density at radius 1 is 0.278 bits per heavy atom. The maximum atomic E-state index is 12.8. The molecule has 1 atom stereocenters. The van der Waals surface area contributed by atoms with E-state index in [1.807, 2.05) is 0 Å². The topological polar surface area (TPSA) is 78.9 Å². The van der Waals surface area contributed by atoms with E-state index in [2.05, 4.69) is 57.2 Å². The molecule has 0 rings (SSSR count). The number of ether oxygens (including phenoxy) is 3. The first kappa shape index (κ1) is 69.6. The minimum absolute atomic E-state index is 0.0659. The molecular weight excluding hydrogens is 889 g/mol. The maximum Gasteiger partial charge on any atom is 0.306 e. The van der Waals surface area contributed by atoms with Gasteiger partial charge in [0.1, 0.15) is 13.2 Å². The molecular formula is C66H122O6. The molecule has 72 heavy (non-hydrogen) atoms. The van der Waals surface area contributed by atoms with E-state index < -0.39 is 6.10 Å². The Hall–Kier alpha value is -2.37. The van der Waals surface area contributed by atoms with E-state index in [0.29, 0.717) is 19.3 Å². The van der Waals surface area contributed by atoms with Crippen LogP contribution in [-0.2, 0) is 28.6 Å². The van der Waals surface area contributed by atoms with Crippen molar-refractivity contribution in [1.82, 2.24) is 0 Å². The molecule has 0 aromatic heterocycles. The van der Waals surface area contributed by atoms with E-state index in [1.54, 1.807) is 0 Å². The van der Waals surface area contributed by atoms with Crippen molar-refractivity contribution in [2.75, 3.05) is 13.2 Å². The average Bonchev–Trinajstić information content (AvgIpc) is 3.38. The Bertz CT molecular complexity index is 1210. The molecule has 6 heteroatoms. The third-order valence-corrected chi connectivity index (χ3v) is 14.4. The lowest BCUT2D eigenvalue weighted by Crippen LogP contribution is -2.30. The minimum atomic E-state index is -0.766. The zero-order valence-electron chi connectivity index (χ0n) is 48.5. The summed E-state index contributed by atoms with van der Waals surface area (Å²) in [7, 11) is 0. The zero-order valence-corrected chi connectivity index (χ0v) is 48.5. The quantitative estimate of drug-likeness (QED) is 0.0261. The van der Waals surface area contributed by atoms with Gasteiger partial charge in [0, 0.05) is 19.3 Å². The number of carbonyl (C=O) groups excluding carboxylic acids is 3. The monoisotopic (exact) mass is 1010 g/mol. The van der Waals surface area contributed by atoms with E-state index in [0.717, 1.165) is 70.6 Å². The second-order valence-electron chi connectivity index (χ2n) is 21.7. The number of carbonyl (C=O) groups is 3. The Morgan fingerprint density at radius 2 is 0.500 bits per heavy atom. The van der Waals surface area contributed by atoms with Gasteiger partial charge < -0.3 is 14.2 Å². The normalized spacial score (nSPS) is 12.2. The average molecular weight is 1010 g/mol. The standard InChI is InChI=1S/C66H122O6/c1-4-7-10-13-16-19-22-25-26-27-28-29-30-31-32-33-34-35-36-37-38-39-40-42-44-47-50-53-56-59-65(68)71-62-63(61-70-64(67)58-55-52-49-46-43-24-21-18-15-12-9-6-3)72-66(69)60-57-54-51-48-45-41-23-20-17-14-11-8-5-2/h22,25,27-28,30-31,63H,4-21,23-24,26,29,32-62H2,1-3H3/b25-22-,28-27-,31-30-.